The van der Waals surface area contributed by atoms with Crippen molar-refractivity contribution >= 4 is 0 Å². The van der Waals surface area contributed by atoms with Crippen LogP contribution in [0.15, 0.2) is 48.5 Å². The van der Waals surface area contributed by atoms with E-state index in [4.69, 9.17) is 14.2 Å². The zero-order valence-electron chi connectivity index (χ0n) is 23.0. The van der Waals surface area contributed by atoms with Crippen LogP contribution >= 0.6 is 0 Å². The van der Waals surface area contributed by atoms with Crippen molar-refractivity contribution in [3.63, 3.8) is 0 Å². The van der Waals surface area contributed by atoms with Gasteiger partial charge in [0.1, 0.15) is 0 Å². The van der Waals surface area contributed by atoms with Crippen molar-refractivity contribution in [2.75, 3.05) is 40.5 Å². The van der Waals surface area contributed by atoms with Crippen molar-refractivity contribution in [1.82, 2.24) is 4.90 Å². The van der Waals surface area contributed by atoms with Gasteiger partial charge in [-0.1, -0.05) is 50.2 Å². The number of hydrogen-bond donors (Lipinski definition) is 0. The average molecular weight is 494 g/mol. The lowest BCUT2D eigenvalue weighted by molar-refractivity contribution is -0.111. The summed E-state index contributed by atoms with van der Waals surface area (Å²) in [6, 6.07) is 17.1. The molecule has 0 heterocycles. The lowest BCUT2D eigenvalue weighted by Gasteiger charge is -2.60. The SMILES string of the molecule is COc1ccc(CCN(CCCCOCC[C@@H]2CC[C@H]3C[C@H]2C3(C)C)Cc2ccccc2)cc1OC. The molecule has 2 bridgehead atoms. The maximum Gasteiger partial charge on any atom is 0.160 e. The number of rotatable bonds is 15. The number of unbranched alkanes of at least 4 members (excludes halogenated alkanes) is 1. The maximum atomic E-state index is 6.10. The Kier molecular flexibility index (Phi) is 9.73. The molecule has 4 nitrogen and oxygen atoms in total. The van der Waals surface area contributed by atoms with Crippen LogP contribution in [0.1, 0.15) is 63.5 Å². The fourth-order valence-electron chi connectivity index (χ4n) is 6.62. The quantitative estimate of drug-likeness (QED) is 0.250. The highest BCUT2D eigenvalue weighted by Gasteiger charge is 2.53. The predicted molar refractivity (Wildman–Crippen MR) is 148 cm³/mol. The van der Waals surface area contributed by atoms with E-state index in [2.05, 4.69) is 61.2 Å². The molecule has 3 fully saturated rings. The molecule has 3 saturated carbocycles. The zero-order valence-corrected chi connectivity index (χ0v) is 23.0. The molecule has 5 rings (SSSR count). The monoisotopic (exact) mass is 493 g/mol. The highest BCUT2D eigenvalue weighted by atomic mass is 16.5. The first-order valence-electron chi connectivity index (χ1n) is 14.1. The highest BCUT2D eigenvalue weighted by Crippen LogP contribution is 2.61. The van der Waals surface area contributed by atoms with Gasteiger partial charge in [0.25, 0.3) is 0 Å². The van der Waals surface area contributed by atoms with Crippen molar-refractivity contribution in [1.29, 1.82) is 0 Å². The van der Waals surface area contributed by atoms with Gasteiger partial charge in [0.2, 0.25) is 0 Å². The Balaban J connectivity index is 1.18. The molecule has 0 saturated heterocycles. The Morgan fingerprint density at radius 2 is 1.67 bits per heavy atom. The van der Waals surface area contributed by atoms with Crippen LogP contribution in [0.2, 0.25) is 0 Å². The molecule has 3 aliphatic carbocycles. The van der Waals surface area contributed by atoms with E-state index in [1.807, 2.05) is 6.07 Å². The van der Waals surface area contributed by atoms with E-state index in [-0.39, 0.29) is 0 Å². The smallest absolute Gasteiger partial charge is 0.160 e. The molecule has 0 aliphatic heterocycles. The number of nitrogens with zero attached hydrogens (tertiary/aromatic N) is 1. The number of methoxy groups -OCH3 is 2. The average Bonchev–Trinajstić information content (AvgIpc) is 2.91. The summed E-state index contributed by atoms with van der Waals surface area (Å²) in [7, 11) is 3.38. The summed E-state index contributed by atoms with van der Waals surface area (Å²) in [4.78, 5) is 2.57. The topological polar surface area (TPSA) is 30.9 Å². The highest BCUT2D eigenvalue weighted by molar-refractivity contribution is 5.43. The molecule has 0 aromatic heterocycles. The molecule has 2 aromatic rings. The van der Waals surface area contributed by atoms with Crippen LogP contribution in [0.4, 0.5) is 0 Å². The van der Waals surface area contributed by atoms with Crippen LogP contribution in [-0.4, -0.2) is 45.4 Å². The van der Waals surface area contributed by atoms with Gasteiger partial charge >= 0.3 is 0 Å². The van der Waals surface area contributed by atoms with E-state index in [0.717, 1.165) is 74.9 Å². The summed E-state index contributed by atoms with van der Waals surface area (Å²) >= 11 is 0. The summed E-state index contributed by atoms with van der Waals surface area (Å²) in [6.45, 7) is 9.90. The minimum atomic E-state index is 0.585. The van der Waals surface area contributed by atoms with Gasteiger partial charge in [0.05, 0.1) is 14.2 Å². The van der Waals surface area contributed by atoms with Crippen LogP contribution < -0.4 is 9.47 Å². The Hall–Kier alpha value is -2.04. The lowest BCUT2D eigenvalue weighted by Crippen LogP contribution is -2.52. The molecule has 36 heavy (non-hydrogen) atoms. The second kappa shape index (κ2) is 13.0. The zero-order chi connectivity index (χ0) is 25.4. The van der Waals surface area contributed by atoms with Crippen molar-refractivity contribution in [3.8, 4) is 11.5 Å². The van der Waals surface area contributed by atoms with Gasteiger partial charge in [-0.25, -0.2) is 0 Å². The molecule has 198 valence electrons. The van der Waals surface area contributed by atoms with Gasteiger partial charge < -0.3 is 14.2 Å². The fourth-order valence-corrected chi connectivity index (χ4v) is 6.62. The number of fused-ring (bicyclic) bond motifs is 2. The molecular weight excluding hydrogens is 446 g/mol. The molecule has 0 N–H and O–H groups in total. The molecular formula is C32H47NO3. The molecule has 3 aliphatic rings. The summed E-state index contributed by atoms with van der Waals surface area (Å²) in [5.74, 6) is 4.41. The van der Waals surface area contributed by atoms with E-state index < -0.39 is 0 Å². The van der Waals surface area contributed by atoms with Gasteiger partial charge in [-0.05, 0) is 97.9 Å². The molecule has 4 heteroatoms. The Morgan fingerprint density at radius 3 is 2.39 bits per heavy atom. The first-order chi connectivity index (χ1) is 17.5. The van der Waals surface area contributed by atoms with Crippen LogP contribution in [0, 0.1) is 23.2 Å². The lowest BCUT2D eigenvalue weighted by atomic mass is 9.45. The van der Waals surface area contributed by atoms with Crippen LogP contribution in [0.25, 0.3) is 0 Å². The van der Waals surface area contributed by atoms with Crippen molar-refractivity contribution < 1.29 is 14.2 Å². The first kappa shape index (κ1) is 27.0. The fraction of sp³-hybridized carbons (Fsp3) is 0.625. The number of benzene rings is 2. The normalized spacial score (nSPS) is 22.3. The van der Waals surface area contributed by atoms with Gasteiger partial charge in [-0.15, -0.1) is 0 Å². The number of ether oxygens (including phenoxy) is 3. The first-order valence-corrected chi connectivity index (χ1v) is 14.1. The molecule has 0 amide bonds. The van der Waals surface area contributed by atoms with Gasteiger partial charge in [-0.2, -0.15) is 0 Å². The van der Waals surface area contributed by atoms with Gasteiger partial charge in [0, 0.05) is 26.3 Å². The van der Waals surface area contributed by atoms with E-state index in [0.29, 0.717) is 5.41 Å². The van der Waals surface area contributed by atoms with E-state index in [1.54, 1.807) is 14.2 Å². The summed E-state index contributed by atoms with van der Waals surface area (Å²) < 4.78 is 17.0. The molecule has 0 unspecified atom stereocenters. The van der Waals surface area contributed by atoms with Crippen LogP contribution in [0.5, 0.6) is 11.5 Å². The maximum absolute atomic E-state index is 6.10. The van der Waals surface area contributed by atoms with Gasteiger partial charge in [0.15, 0.2) is 11.5 Å². The Morgan fingerprint density at radius 1 is 0.861 bits per heavy atom. The molecule has 0 radical (unpaired) electrons. The third-order valence-electron chi connectivity index (χ3n) is 9.06. The van der Waals surface area contributed by atoms with E-state index in [1.165, 1.54) is 43.2 Å². The molecule has 2 aromatic carbocycles. The summed E-state index contributed by atoms with van der Waals surface area (Å²) in [5.41, 5.74) is 3.23. The third kappa shape index (κ3) is 6.83. The van der Waals surface area contributed by atoms with E-state index in [9.17, 15) is 0 Å². The van der Waals surface area contributed by atoms with Crippen molar-refractivity contribution in [2.24, 2.45) is 23.2 Å². The summed E-state index contributed by atoms with van der Waals surface area (Å²) in [5, 5.41) is 0. The minimum absolute atomic E-state index is 0.585. The van der Waals surface area contributed by atoms with Crippen molar-refractivity contribution in [3.05, 3.63) is 59.7 Å². The van der Waals surface area contributed by atoms with Crippen molar-refractivity contribution in [2.45, 2.75) is 65.3 Å². The standard InChI is InChI=1S/C32H47NO3/c1-32(2)28-14-13-27(29(32)23-28)17-21-36-20-9-8-18-33(24-26-10-6-5-7-11-26)19-16-25-12-15-30(34-3)31(22-25)35-4/h5-7,10-12,15,22,27-29H,8-9,13-14,16-21,23-24H2,1-4H3/t27-,28-,29+/m0/s1. The van der Waals surface area contributed by atoms with Crippen LogP contribution in [0.3, 0.4) is 0 Å². The minimum Gasteiger partial charge on any atom is -0.493 e. The second-order valence-electron chi connectivity index (χ2n) is 11.5. The molecule has 0 spiro atoms. The van der Waals surface area contributed by atoms with Gasteiger partial charge in [-0.3, -0.25) is 4.90 Å². The largest absolute Gasteiger partial charge is 0.493 e. The summed E-state index contributed by atoms with van der Waals surface area (Å²) in [6.07, 6.45) is 8.88. The van der Waals surface area contributed by atoms with E-state index >= 15 is 0 Å². The Labute approximate surface area is 219 Å². The molecule has 3 atom stereocenters. The second-order valence-corrected chi connectivity index (χ2v) is 11.5. The Bertz CT molecular complexity index is 926. The number of hydrogen-bond acceptors (Lipinski definition) is 4. The third-order valence-corrected chi connectivity index (χ3v) is 9.06. The van der Waals surface area contributed by atoms with Crippen LogP contribution in [-0.2, 0) is 17.7 Å². The predicted octanol–water partition coefficient (Wildman–Crippen LogP) is 7.01.